The molecule has 0 aliphatic carbocycles. The summed E-state index contributed by atoms with van der Waals surface area (Å²) in [6, 6.07) is 3.91. The molecule has 7 heteroatoms. The largest absolute Gasteiger partial charge is 0.334 e. The molecule has 3 aromatic heterocycles. The van der Waals surface area contributed by atoms with Crippen LogP contribution in [0.4, 0.5) is 0 Å². The first-order valence-corrected chi connectivity index (χ1v) is 9.09. The van der Waals surface area contributed by atoms with Crippen molar-refractivity contribution in [3.8, 4) is 0 Å². The van der Waals surface area contributed by atoms with Gasteiger partial charge in [0.1, 0.15) is 0 Å². The fraction of sp³-hybridized carbons (Fsp3) is 0.412. The van der Waals surface area contributed by atoms with Crippen molar-refractivity contribution in [2.24, 2.45) is 0 Å². The molecule has 4 rings (SSSR count). The molecule has 6 nitrogen and oxygen atoms in total. The van der Waals surface area contributed by atoms with Crippen molar-refractivity contribution >= 4 is 22.9 Å². The van der Waals surface area contributed by atoms with Gasteiger partial charge in [-0.3, -0.25) is 4.79 Å². The maximum absolute atomic E-state index is 12.8. The van der Waals surface area contributed by atoms with Crippen molar-refractivity contribution in [2.45, 2.75) is 38.6 Å². The van der Waals surface area contributed by atoms with Gasteiger partial charge in [-0.05, 0) is 32.3 Å². The molecule has 1 aliphatic rings. The van der Waals surface area contributed by atoms with E-state index in [1.807, 2.05) is 35.5 Å². The lowest BCUT2D eigenvalue weighted by molar-refractivity contribution is -0.134. The summed E-state index contributed by atoms with van der Waals surface area (Å²) >= 11 is 1.59. The Morgan fingerprint density at radius 3 is 3.08 bits per heavy atom. The first-order chi connectivity index (χ1) is 11.7. The highest BCUT2D eigenvalue weighted by molar-refractivity contribution is 7.09. The Morgan fingerprint density at radius 1 is 1.33 bits per heavy atom. The third-order valence-electron chi connectivity index (χ3n) is 4.44. The van der Waals surface area contributed by atoms with Gasteiger partial charge in [0.05, 0.1) is 35.1 Å². The lowest BCUT2D eigenvalue weighted by Crippen LogP contribution is -2.39. The number of carbonyl (C=O) groups excluding carboxylic acids is 1. The van der Waals surface area contributed by atoms with Gasteiger partial charge < -0.3 is 4.90 Å². The molecule has 0 saturated carbocycles. The molecule has 124 valence electrons. The van der Waals surface area contributed by atoms with Crippen molar-refractivity contribution in [1.82, 2.24) is 24.5 Å². The van der Waals surface area contributed by atoms with Crippen molar-refractivity contribution in [2.75, 3.05) is 6.54 Å². The Morgan fingerprint density at radius 2 is 2.25 bits per heavy atom. The van der Waals surface area contributed by atoms with Crippen LogP contribution in [0.25, 0.3) is 5.65 Å². The number of hydrogen-bond donors (Lipinski definition) is 0. The number of likely N-dealkylation sites (tertiary alicyclic amines) is 1. The smallest absolute Gasteiger partial charge is 0.229 e. The van der Waals surface area contributed by atoms with Crippen molar-refractivity contribution in [3.63, 3.8) is 0 Å². The Kier molecular flexibility index (Phi) is 4.02. The van der Waals surface area contributed by atoms with Crippen LogP contribution < -0.4 is 0 Å². The molecule has 1 saturated heterocycles. The standard InChI is InChI=1S/C17H19N5OS/c1-12-19-13(11-24-12)10-17(23)21-8-3-2-4-15(21)14-6-9-22-16(20-14)5-7-18-22/h5-7,9,11,15H,2-4,8,10H2,1H3/t15-/m1/s1. The van der Waals surface area contributed by atoms with Crippen molar-refractivity contribution < 1.29 is 4.79 Å². The molecule has 1 fully saturated rings. The van der Waals surface area contributed by atoms with Gasteiger partial charge in [0.2, 0.25) is 5.91 Å². The second-order valence-electron chi connectivity index (χ2n) is 6.12. The quantitative estimate of drug-likeness (QED) is 0.735. The first kappa shape index (κ1) is 15.3. The van der Waals surface area contributed by atoms with Gasteiger partial charge in [-0.25, -0.2) is 14.5 Å². The summed E-state index contributed by atoms with van der Waals surface area (Å²) < 4.78 is 1.75. The number of fused-ring (bicyclic) bond motifs is 1. The topological polar surface area (TPSA) is 63.4 Å². The summed E-state index contributed by atoms with van der Waals surface area (Å²) in [5.41, 5.74) is 2.64. The highest BCUT2D eigenvalue weighted by Gasteiger charge is 2.29. The number of rotatable bonds is 3. The minimum Gasteiger partial charge on any atom is -0.334 e. The van der Waals surface area contributed by atoms with Crippen LogP contribution in [0.2, 0.25) is 0 Å². The number of hydrogen-bond acceptors (Lipinski definition) is 5. The molecular weight excluding hydrogens is 322 g/mol. The van der Waals surface area contributed by atoms with E-state index in [1.54, 1.807) is 22.0 Å². The number of aryl methyl sites for hydroxylation is 1. The average molecular weight is 341 g/mol. The maximum atomic E-state index is 12.8. The summed E-state index contributed by atoms with van der Waals surface area (Å²) in [5.74, 6) is 0.139. The SMILES string of the molecule is Cc1nc(CC(=O)N2CCCC[C@@H]2c2ccn3nccc3n2)cs1. The third-order valence-corrected chi connectivity index (χ3v) is 5.27. The van der Waals surface area contributed by atoms with Gasteiger partial charge >= 0.3 is 0 Å². The number of aromatic nitrogens is 4. The predicted molar refractivity (Wildman–Crippen MR) is 91.8 cm³/mol. The molecule has 3 aromatic rings. The third kappa shape index (κ3) is 2.91. The second kappa shape index (κ2) is 6.32. The normalized spacial score (nSPS) is 18.2. The highest BCUT2D eigenvalue weighted by atomic mass is 32.1. The van der Waals surface area contributed by atoms with E-state index < -0.39 is 0 Å². The van der Waals surface area contributed by atoms with Gasteiger partial charge in [-0.2, -0.15) is 5.10 Å². The highest BCUT2D eigenvalue weighted by Crippen LogP contribution is 2.30. The molecule has 0 radical (unpaired) electrons. The number of thiazole rings is 1. The van der Waals surface area contributed by atoms with Crippen LogP contribution in [-0.4, -0.2) is 36.9 Å². The van der Waals surface area contributed by atoms with Crippen LogP contribution in [0.15, 0.2) is 29.9 Å². The average Bonchev–Trinajstić information content (AvgIpc) is 3.22. The summed E-state index contributed by atoms with van der Waals surface area (Å²) in [7, 11) is 0. The Hall–Kier alpha value is -2.28. The van der Waals surface area contributed by atoms with Crippen LogP contribution in [0, 0.1) is 6.92 Å². The van der Waals surface area contributed by atoms with Crippen molar-refractivity contribution in [1.29, 1.82) is 0 Å². The van der Waals surface area contributed by atoms with Gasteiger partial charge in [0.15, 0.2) is 5.65 Å². The van der Waals surface area contributed by atoms with E-state index >= 15 is 0 Å². The fourth-order valence-electron chi connectivity index (χ4n) is 3.30. The van der Waals surface area contributed by atoms with Gasteiger partial charge in [-0.15, -0.1) is 11.3 Å². The predicted octanol–water partition coefficient (Wildman–Crippen LogP) is 2.79. The molecule has 1 aliphatic heterocycles. The lowest BCUT2D eigenvalue weighted by Gasteiger charge is -2.35. The van der Waals surface area contributed by atoms with Crippen LogP contribution in [0.3, 0.4) is 0 Å². The molecule has 0 spiro atoms. The van der Waals surface area contributed by atoms with E-state index in [2.05, 4.69) is 10.1 Å². The van der Waals surface area contributed by atoms with Crippen LogP contribution >= 0.6 is 11.3 Å². The van der Waals surface area contributed by atoms with Crippen molar-refractivity contribution in [3.05, 3.63) is 46.3 Å². The minimum atomic E-state index is 0.0471. The monoisotopic (exact) mass is 341 g/mol. The Labute approximate surface area is 144 Å². The van der Waals surface area contributed by atoms with Gasteiger partial charge in [0, 0.05) is 24.2 Å². The zero-order valence-electron chi connectivity index (χ0n) is 13.6. The van der Waals surface area contributed by atoms with Crippen LogP contribution in [0.1, 0.15) is 41.7 Å². The molecule has 0 bridgehead atoms. The van der Waals surface area contributed by atoms with E-state index in [9.17, 15) is 4.79 Å². The molecule has 4 heterocycles. The number of piperidine rings is 1. The summed E-state index contributed by atoms with van der Waals surface area (Å²) in [5, 5.41) is 7.16. The summed E-state index contributed by atoms with van der Waals surface area (Å²) in [6.07, 6.45) is 7.15. The summed E-state index contributed by atoms with van der Waals surface area (Å²) in [4.78, 5) is 23.9. The molecule has 0 aromatic carbocycles. The van der Waals surface area contributed by atoms with E-state index in [0.717, 1.165) is 47.8 Å². The Bertz CT molecular complexity index is 871. The number of carbonyl (C=O) groups is 1. The van der Waals surface area contributed by atoms with Crippen LogP contribution in [-0.2, 0) is 11.2 Å². The molecule has 0 unspecified atom stereocenters. The lowest BCUT2D eigenvalue weighted by atomic mass is 9.98. The van der Waals surface area contributed by atoms with E-state index in [0.29, 0.717) is 6.42 Å². The fourth-order valence-corrected chi connectivity index (χ4v) is 3.91. The molecule has 1 amide bonds. The molecule has 24 heavy (non-hydrogen) atoms. The van der Waals surface area contributed by atoms with E-state index in [-0.39, 0.29) is 11.9 Å². The van der Waals surface area contributed by atoms with Gasteiger partial charge in [0.25, 0.3) is 0 Å². The summed E-state index contributed by atoms with van der Waals surface area (Å²) in [6.45, 7) is 2.76. The molecule has 1 atom stereocenters. The number of amides is 1. The zero-order valence-corrected chi connectivity index (χ0v) is 14.4. The second-order valence-corrected chi connectivity index (χ2v) is 7.18. The van der Waals surface area contributed by atoms with E-state index in [1.165, 1.54) is 0 Å². The molecular formula is C17H19N5OS. The maximum Gasteiger partial charge on any atom is 0.229 e. The van der Waals surface area contributed by atoms with Crippen LogP contribution in [0.5, 0.6) is 0 Å². The molecule has 0 N–H and O–H groups in total. The number of nitrogens with zero attached hydrogens (tertiary/aromatic N) is 5. The first-order valence-electron chi connectivity index (χ1n) is 8.21. The zero-order chi connectivity index (χ0) is 16.5. The Balaban J connectivity index is 1.58. The minimum absolute atomic E-state index is 0.0471. The van der Waals surface area contributed by atoms with Gasteiger partial charge in [-0.1, -0.05) is 0 Å². The van der Waals surface area contributed by atoms with E-state index in [4.69, 9.17) is 4.98 Å².